The molecule has 8 aromatic rings. The summed E-state index contributed by atoms with van der Waals surface area (Å²) in [5.74, 6) is 0. The fourth-order valence-corrected chi connectivity index (χ4v) is 4.53. The normalized spacial score (nSPS) is 10.6. The van der Waals surface area contributed by atoms with Crippen molar-refractivity contribution in [3.05, 3.63) is 133 Å². The summed E-state index contributed by atoms with van der Waals surface area (Å²) in [6.07, 6.45) is 0. The van der Waals surface area contributed by atoms with Crippen molar-refractivity contribution in [1.82, 2.24) is 30.0 Å². The van der Waals surface area contributed by atoms with Gasteiger partial charge in [-0.05, 0) is 34.3 Å². The summed E-state index contributed by atoms with van der Waals surface area (Å²) in [5.41, 5.74) is 5.35. The summed E-state index contributed by atoms with van der Waals surface area (Å²) in [4.78, 5) is 3.27. The van der Waals surface area contributed by atoms with Crippen LogP contribution in [0.5, 0.6) is 0 Å². The maximum absolute atomic E-state index is 4.59. The molecule has 0 saturated heterocycles. The van der Waals surface area contributed by atoms with Crippen molar-refractivity contribution in [2.75, 3.05) is 0 Å². The SMILES string of the molecule is [Cl-].[Ir+3].[c-]1ccccc1-n1nc2ccc3ccccc3c2n1.[c-]1ccccc1-n1nc2ccc3ccccc3c2n1. The zero-order valence-electron chi connectivity index (χ0n) is 20.9. The van der Waals surface area contributed by atoms with Crippen molar-refractivity contribution >= 4 is 43.6 Å². The van der Waals surface area contributed by atoms with Crippen LogP contribution in [0.3, 0.4) is 0 Å². The monoisotopic (exact) mass is 716 g/mol. The summed E-state index contributed by atoms with van der Waals surface area (Å²) < 4.78 is 0. The van der Waals surface area contributed by atoms with Gasteiger partial charge in [0.1, 0.15) is 22.1 Å². The van der Waals surface area contributed by atoms with E-state index in [1.54, 1.807) is 9.59 Å². The molecule has 8 heteroatoms. The molecule has 0 atom stereocenters. The largest absolute Gasteiger partial charge is 3.00 e. The molecule has 0 unspecified atom stereocenters. The smallest absolute Gasteiger partial charge is 1.00 e. The number of hydrogen-bond acceptors (Lipinski definition) is 4. The van der Waals surface area contributed by atoms with E-state index in [0.29, 0.717) is 0 Å². The Balaban J connectivity index is 0.000000154. The summed E-state index contributed by atoms with van der Waals surface area (Å²) in [6.45, 7) is 0. The van der Waals surface area contributed by atoms with Crippen LogP contribution in [0.4, 0.5) is 0 Å². The summed E-state index contributed by atoms with van der Waals surface area (Å²) in [5, 5.41) is 22.8. The standard InChI is InChI=1S/2C16H10N3.ClH.Ir/c2*1-2-7-13(8-3-1)19-17-15-11-10-12-6-4-5-9-14(12)16(15)18-19;;/h2*1-7,9-11H;1H;/q2*-1;;+3/p-1. The van der Waals surface area contributed by atoms with E-state index in [-0.39, 0.29) is 32.5 Å². The quantitative estimate of drug-likeness (QED) is 0.256. The van der Waals surface area contributed by atoms with Crippen LogP contribution in [0.1, 0.15) is 0 Å². The van der Waals surface area contributed by atoms with Crippen LogP contribution >= 0.6 is 0 Å². The molecule has 0 N–H and O–H groups in total. The molecular weight excluding hydrogens is 696 g/mol. The number of aromatic nitrogens is 6. The van der Waals surface area contributed by atoms with Crippen LogP contribution in [0, 0.1) is 12.1 Å². The van der Waals surface area contributed by atoms with E-state index >= 15 is 0 Å². The third kappa shape index (κ3) is 5.10. The zero-order valence-corrected chi connectivity index (χ0v) is 24.1. The first-order valence-corrected chi connectivity index (χ1v) is 12.3. The van der Waals surface area contributed by atoms with Gasteiger partial charge in [0.2, 0.25) is 0 Å². The fourth-order valence-electron chi connectivity index (χ4n) is 4.53. The van der Waals surface area contributed by atoms with E-state index in [1.807, 2.05) is 84.9 Å². The van der Waals surface area contributed by atoms with Crippen molar-refractivity contribution in [2.45, 2.75) is 0 Å². The molecule has 0 amide bonds. The fraction of sp³-hybridized carbons (Fsp3) is 0. The Morgan fingerprint density at radius 1 is 0.450 bits per heavy atom. The molecule has 8 rings (SSSR count). The molecule has 194 valence electrons. The molecule has 40 heavy (non-hydrogen) atoms. The molecule has 2 aromatic heterocycles. The third-order valence-electron chi connectivity index (χ3n) is 6.37. The predicted octanol–water partition coefficient (Wildman–Crippen LogP) is 3.75. The third-order valence-corrected chi connectivity index (χ3v) is 6.37. The number of fused-ring (bicyclic) bond motifs is 6. The van der Waals surface area contributed by atoms with Gasteiger partial charge in [0.05, 0.1) is 0 Å². The van der Waals surface area contributed by atoms with Crippen LogP contribution in [0.25, 0.3) is 55.0 Å². The number of hydrogen-bond donors (Lipinski definition) is 0. The molecule has 2 heterocycles. The topological polar surface area (TPSA) is 61.4 Å². The minimum absolute atomic E-state index is 0. The van der Waals surface area contributed by atoms with Gasteiger partial charge in [0.25, 0.3) is 0 Å². The van der Waals surface area contributed by atoms with E-state index in [4.69, 9.17) is 0 Å². The molecule has 0 fully saturated rings. The van der Waals surface area contributed by atoms with Gasteiger partial charge >= 0.3 is 20.1 Å². The van der Waals surface area contributed by atoms with E-state index < -0.39 is 0 Å². The Bertz CT molecular complexity index is 1890. The Labute approximate surface area is 250 Å². The predicted molar refractivity (Wildman–Crippen MR) is 150 cm³/mol. The molecule has 0 saturated carbocycles. The van der Waals surface area contributed by atoms with Crippen molar-refractivity contribution < 1.29 is 32.5 Å². The van der Waals surface area contributed by atoms with Gasteiger partial charge < -0.3 is 12.4 Å². The molecular formula is C32H20ClIrN6. The first-order valence-electron chi connectivity index (χ1n) is 12.3. The van der Waals surface area contributed by atoms with Crippen LogP contribution in [-0.4, -0.2) is 30.0 Å². The number of nitrogens with zero attached hydrogens (tertiary/aromatic N) is 6. The molecule has 0 bridgehead atoms. The second-order valence-corrected chi connectivity index (χ2v) is 8.78. The molecule has 0 radical (unpaired) electrons. The first-order chi connectivity index (χ1) is 18.8. The van der Waals surface area contributed by atoms with Gasteiger partial charge in [-0.3, -0.25) is 0 Å². The van der Waals surface area contributed by atoms with Gasteiger partial charge in [-0.25, -0.2) is 0 Å². The van der Waals surface area contributed by atoms with Crippen LogP contribution < -0.4 is 12.4 Å². The van der Waals surface area contributed by atoms with E-state index in [1.165, 1.54) is 10.8 Å². The second-order valence-electron chi connectivity index (χ2n) is 8.78. The average Bonchev–Trinajstić information content (AvgIpc) is 3.64. The molecule has 0 aliphatic carbocycles. The number of para-hydroxylation sites is 2. The van der Waals surface area contributed by atoms with Crippen molar-refractivity contribution in [3.8, 4) is 11.4 Å². The molecule has 0 aliphatic heterocycles. The Morgan fingerprint density at radius 3 is 1.30 bits per heavy atom. The maximum Gasteiger partial charge on any atom is 3.00 e. The van der Waals surface area contributed by atoms with Crippen molar-refractivity contribution in [2.24, 2.45) is 0 Å². The van der Waals surface area contributed by atoms with E-state index in [2.05, 4.69) is 68.9 Å². The second kappa shape index (κ2) is 11.8. The van der Waals surface area contributed by atoms with E-state index in [9.17, 15) is 0 Å². The minimum atomic E-state index is 0. The Hall–Kier alpha value is -4.42. The average molecular weight is 716 g/mol. The Kier molecular flexibility index (Phi) is 7.98. The maximum atomic E-state index is 4.59. The molecule has 6 aromatic carbocycles. The summed E-state index contributed by atoms with van der Waals surface area (Å²) in [6, 6.07) is 46.2. The zero-order chi connectivity index (χ0) is 25.3. The molecule has 0 aliphatic rings. The van der Waals surface area contributed by atoms with Crippen LogP contribution in [-0.2, 0) is 20.1 Å². The molecule has 0 spiro atoms. The van der Waals surface area contributed by atoms with Crippen molar-refractivity contribution in [1.29, 1.82) is 0 Å². The summed E-state index contributed by atoms with van der Waals surface area (Å²) in [7, 11) is 0. The number of halogens is 1. The number of benzene rings is 6. The van der Waals surface area contributed by atoms with Crippen LogP contribution in [0.15, 0.2) is 121 Å². The Morgan fingerprint density at radius 2 is 0.875 bits per heavy atom. The van der Waals surface area contributed by atoms with Gasteiger partial charge in [-0.2, -0.15) is 68.3 Å². The van der Waals surface area contributed by atoms with Gasteiger partial charge in [0, 0.05) is 10.8 Å². The number of rotatable bonds is 2. The minimum Gasteiger partial charge on any atom is -1.00 e. The summed E-state index contributed by atoms with van der Waals surface area (Å²) >= 11 is 0. The van der Waals surface area contributed by atoms with Gasteiger partial charge in [-0.15, -0.1) is 22.3 Å². The van der Waals surface area contributed by atoms with Gasteiger partial charge in [0.15, 0.2) is 0 Å². The molecule has 6 nitrogen and oxygen atoms in total. The first kappa shape index (κ1) is 27.2. The van der Waals surface area contributed by atoms with Crippen LogP contribution in [0.2, 0.25) is 0 Å². The van der Waals surface area contributed by atoms with E-state index in [0.717, 1.165) is 44.2 Å². The van der Waals surface area contributed by atoms with Gasteiger partial charge in [-0.1, -0.05) is 60.7 Å². The van der Waals surface area contributed by atoms with Crippen molar-refractivity contribution in [3.63, 3.8) is 0 Å².